The van der Waals surface area contributed by atoms with Gasteiger partial charge in [0.05, 0.1) is 0 Å². The topological polar surface area (TPSA) is 78.9 Å². The van der Waals surface area contributed by atoms with Gasteiger partial charge >= 0.3 is 17.9 Å². The second-order valence-corrected chi connectivity index (χ2v) is 18.1. The highest BCUT2D eigenvalue weighted by molar-refractivity contribution is 5.71. The molecule has 0 aromatic heterocycles. The zero-order chi connectivity index (χ0) is 49.3. The van der Waals surface area contributed by atoms with E-state index in [9.17, 15) is 14.4 Å². The molecule has 68 heavy (non-hydrogen) atoms. The summed E-state index contributed by atoms with van der Waals surface area (Å²) < 4.78 is 16.8. The molecule has 0 aromatic carbocycles. The minimum Gasteiger partial charge on any atom is -0.462 e. The van der Waals surface area contributed by atoms with Crippen LogP contribution in [0.2, 0.25) is 0 Å². The predicted molar refractivity (Wildman–Crippen MR) is 293 cm³/mol. The van der Waals surface area contributed by atoms with Crippen LogP contribution in [0, 0.1) is 0 Å². The van der Waals surface area contributed by atoms with Gasteiger partial charge in [-0.2, -0.15) is 0 Å². The van der Waals surface area contributed by atoms with Crippen LogP contribution in [0.5, 0.6) is 0 Å². The first-order chi connectivity index (χ1) is 33.5. The lowest BCUT2D eigenvalue weighted by atomic mass is 10.0. The number of unbranched alkanes of at least 4 members (excludes halogenated alkanes) is 20. The molecule has 1 atom stereocenters. The molecule has 6 heteroatoms. The quantitative estimate of drug-likeness (QED) is 0.0262. The van der Waals surface area contributed by atoms with Gasteiger partial charge in [0.2, 0.25) is 0 Å². The van der Waals surface area contributed by atoms with E-state index in [4.69, 9.17) is 14.2 Å². The molecule has 1 unspecified atom stereocenters. The van der Waals surface area contributed by atoms with E-state index in [1.807, 2.05) is 0 Å². The van der Waals surface area contributed by atoms with Gasteiger partial charge in [0.25, 0.3) is 0 Å². The molecule has 6 nitrogen and oxygen atoms in total. The van der Waals surface area contributed by atoms with Gasteiger partial charge in [0.15, 0.2) is 6.10 Å². The van der Waals surface area contributed by atoms with Crippen LogP contribution in [-0.2, 0) is 28.6 Å². The summed E-state index contributed by atoms with van der Waals surface area (Å²) in [7, 11) is 0. The number of carbonyl (C=O) groups is 3. The van der Waals surface area contributed by atoms with Crippen molar-refractivity contribution < 1.29 is 28.6 Å². The molecule has 0 spiro atoms. The van der Waals surface area contributed by atoms with E-state index in [-0.39, 0.29) is 37.5 Å². The Labute approximate surface area is 419 Å². The fourth-order valence-corrected chi connectivity index (χ4v) is 7.33. The Kier molecular flexibility index (Phi) is 52.4. The van der Waals surface area contributed by atoms with Crippen molar-refractivity contribution in [2.24, 2.45) is 0 Å². The number of hydrogen-bond acceptors (Lipinski definition) is 6. The van der Waals surface area contributed by atoms with Crippen molar-refractivity contribution >= 4 is 17.9 Å². The molecule has 0 saturated heterocycles. The van der Waals surface area contributed by atoms with Crippen molar-refractivity contribution in [1.29, 1.82) is 0 Å². The maximum atomic E-state index is 12.8. The lowest BCUT2D eigenvalue weighted by molar-refractivity contribution is -0.167. The summed E-state index contributed by atoms with van der Waals surface area (Å²) in [4.78, 5) is 38.1. The molecule has 0 saturated carbocycles. The molecule has 0 bridgehead atoms. The van der Waals surface area contributed by atoms with Crippen molar-refractivity contribution in [3.05, 3.63) is 109 Å². The molecule has 0 heterocycles. The smallest absolute Gasteiger partial charge is 0.306 e. The summed E-state index contributed by atoms with van der Waals surface area (Å²) >= 11 is 0. The maximum Gasteiger partial charge on any atom is 0.306 e. The van der Waals surface area contributed by atoms with Crippen LogP contribution >= 0.6 is 0 Å². The van der Waals surface area contributed by atoms with E-state index >= 15 is 0 Å². The molecular formula is C62H102O6. The van der Waals surface area contributed by atoms with Crippen molar-refractivity contribution in [2.75, 3.05) is 13.2 Å². The predicted octanol–water partition coefficient (Wildman–Crippen LogP) is 18.7. The summed E-state index contributed by atoms with van der Waals surface area (Å²) in [5.74, 6) is -0.979. The highest BCUT2D eigenvalue weighted by Gasteiger charge is 2.19. The zero-order valence-electron chi connectivity index (χ0n) is 44.1. The Hall–Kier alpha value is -3.93. The summed E-state index contributed by atoms with van der Waals surface area (Å²) in [6.45, 7) is 6.42. The molecule has 0 N–H and O–H groups in total. The largest absolute Gasteiger partial charge is 0.462 e. The summed E-state index contributed by atoms with van der Waals surface area (Å²) in [5.41, 5.74) is 0. The van der Waals surface area contributed by atoms with Crippen LogP contribution in [0.1, 0.15) is 245 Å². The van der Waals surface area contributed by atoms with Gasteiger partial charge in [-0.1, -0.05) is 239 Å². The van der Waals surface area contributed by atoms with E-state index < -0.39 is 6.10 Å². The molecule has 0 rings (SSSR count). The third-order valence-corrected chi connectivity index (χ3v) is 11.5. The first-order valence-electron chi connectivity index (χ1n) is 27.9. The standard InChI is InChI=1S/C62H102O6/c1-4-7-10-13-16-19-22-25-27-28-29-30-31-32-33-34-35-38-40-43-46-49-52-55-61(64)67-58-59(57-66-60(63)54-51-48-45-42-39-36-24-21-18-15-12-9-6-3)68-62(65)56-53-50-47-44-41-37-26-23-20-17-14-11-8-5-2/h7,10,14,16-17,19,23,25-27,29-30,32-33,35,38,43,46,59H,4-6,8-9,11-13,15,18,20-22,24,28,31,34,36-37,39-42,44-45,47-58H2,1-3H3/b10-7-,17-14-,19-16-,26-23-,27-25-,30-29-,33-32-,38-35-,46-43-. The molecule has 0 aliphatic rings. The molecular weight excluding hydrogens is 841 g/mol. The third-order valence-electron chi connectivity index (χ3n) is 11.5. The number of hydrogen-bond donors (Lipinski definition) is 0. The number of ether oxygens (including phenoxy) is 3. The molecule has 0 fully saturated rings. The SMILES string of the molecule is CC/C=C\C/C=C\C/C=C\C/C=C\C/C=C\C/C=C\C/C=C\CCCC(=O)OCC(COC(=O)CCCCCCCCCCCCCCC)OC(=O)CCCCCCC/C=C\C/C=C\CCCC. The first-order valence-corrected chi connectivity index (χ1v) is 27.9. The number of carbonyl (C=O) groups excluding carboxylic acids is 3. The van der Waals surface area contributed by atoms with Gasteiger partial charge in [-0.15, -0.1) is 0 Å². The second-order valence-electron chi connectivity index (χ2n) is 18.1. The van der Waals surface area contributed by atoms with Crippen molar-refractivity contribution in [2.45, 2.75) is 252 Å². The Morgan fingerprint density at radius 2 is 0.603 bits per heavy atom. The zero-order valence-corrected chi connectivity index (χ0v) is 44.1. The molecule has 0 radical (unpaired) electrons. The maximum absolute atomic E-state index is 12.8. The summed E-state index contributed by atoms with van der Waals surface area (Å²) in [6.07, 6.45) is 75.1. The average molecular weight is 943 g/mol. The molecule has 0 aliphatic carbocycles. The van der Waals surface area contributed by atoms with E-state index in [1.54, 1.807) is 0 Å². The minimum atomic E-state index is -0.809. The lowest BCUT2D eigenvalue weighted by Gasteiger charge is -2.18. The second kappa shape index (κ2) is 55.7. The van der Waals surface area contributed by atoms with Crippen molar-refractivity contribution in [3.63, 3.8) is 0 Å². The first kappa shape index (κ1) is 64.1. The van der Waals surface area contributed by atoms with Gasteiger partial charge < -0.3 is 14.2 Å². The Morgan fingerprint density at radius 3 is 1.00 bits per heavy atom. The average Bonchev–Trinajstić information content (AvgIpc) is 3.34. The number of rotatable bonds is 49. The highest BCUT2D eigenvalue weighted by atomic mass is 16.6. The molecule has 0 amide bonds. The Balaban J connectivity index is 4.48. The van der Waals surface area contributed by atoms with Crippen molar-refractivity contribution in [3.8, 4) is 0 Å². The van der Waals surface area contributed by atoms with E-state index in [2.05, 4.69) is 130 Å². The van der Waals surface area contributed by atoms with Gasteiger partial charge in [0, 0.05) is 19.3 Å². The lowest BCUT2D eigenvalue weighted by Crippen LogP contribution is -2.30. The molecule has 0 aliphatic heterocycles. The van der Waals surface area contributed by atoms with E-state index in [0.29, 0.717) is 19.3 Å². The van der Waals surface area contributed by atoms with Crippen LogP contribution < -0.4 is 0 Å². The third kappa shape index (κ3) is 53.0. The highest BCUT2D eigenvalue weighted by Crippen LogP contribution is 2.14. The van der Waals surface area contributed by atoms with Crippen LogP contribution in [0.4, 0.5) is 0 Å². The van der Waals surface area contributed by atoms with E-state index in [1.165, 1.54) is 83.5 Å². The summed E-state index contributed by atoms with van der Waals surface area (Å²) in [5, 5.41) is 0. The normalized spacial score (nSPS) is 12.9. The molecule has 0 aromatic rings. The van der Waals surface area contributed by atoms with Crippen LogP contribution in [0.3, 0.4) is 0 Å². The van der Waals surface area contributed by atoms with Crippen LogP contribution in [0.25, 0.3) is 0 Å². The minimum absolute atomic E-state index is 0.102. The van der Waals surface area contributed by atoms with E-state index in [0.717, 1.165) is 116 Å². The van der Waals surface area contributed by atoms with Gasteiger partial charge in [-0.05, 0) is 96.3 Å². The number of esters is 3. The van der Waals surface area contributed by atoms with Gasteiger partial charge in [-0.3, -0.25) is 14.4 Å². The van der Waals surface area contributed by atoms with Gasteiger partial charge in [0.1, 0.15) is 13.2 Å². The van der Waals surface area contributed by atoms with Crippen LogP contribution in [-0.4, -0.2) is 37.2 Å². The fourth-order valence-electron chi connectivity index (χ4n) is 7.33. The molecule has 386 valence electrons. The number of allylic oxidation sites excluding steroid dienone is 18. The van der Waals surface area contributed by atoms with Gasteiger partial charge in [-0.25, -0.2) is 0 Å². The Bertz CT molecular complexity index is 1410. The Morgan fingerprint density at radius 1 is 0.309 bits per heavy atom. The summed E-state index contributed by atoms with van der Waals surface area (Å²) in [6, 6.07) is 0. The fraction of sp³-hybridized carbons (Fsp3) is 0.661. The monoisotopic (exact) mass is 943 g/mol. The van der Waals surface area contributed by atoms with Crippen LogP contribution in [0.15, 0.2) is 109 Å². The van der Waals surface area contributed by atoms with Crippen molar-refractivity contribution in [1.82, 2.24) is 0 Å².